The van der Waals surface area contributed by atoms with Gasteiger partial charge in [-0.05, 0) is 35.2 Å². The van der Waals surface area contributed by atoms with Crippen molar-refractivity contribution in [3.63, 3.8) is 0 Å². The van der Waals surface area contributed by atoms with Crippen LogP contribution in [0.5, 0.6) is 0 Å². The van der Waals surface area contributed by atoms with Gasteiger partial charge in [0, 0.05) is 13.7 Å². The molecule has 1 aliphatic carbocycles. The largest absolute Gasteiger partial charge is 0.370 e. The van der Waals surface area contributed by atoms with E-state index < -0.39 is 5.60 Å². The molecule has 0 aliphatic heterocycles. The number of ether oxygens (including phenoxy) is 1. The van der Waals surface area contributed by atoms with Crippen LogP contribution in [0.4, 0.5) is 0 Å². The number of halogens is 1. The summed E-state index contributed by atoms with van der Waals surface area (Å²) in [4.78, 5) is 13.1. The van der Waals surface area contributed by atoms with E-state index in [0.717, 1.165) is 43.1 Å². The van der Waals surface area contributed by atoms with Crippen molar-refractivity contribution in [3.8, 4) is 0 Å². The summed E-state index contributed by atoms with van der Waals surface area (Å²) in [6, 6.07) is 0. The molecule has 0 unspecified atom stereocenters. The topological polar surface area (TPSA) is 44.1 Å². The Bertz CT molecular complexity index is 462. The van der Waals surface area contributed by atoms with Crippen LogP contribution < -0.4 is 0 Å². The highest BCUT2D eigenvalue weighted by atomic mass is 79.9. The zero-order chi connectivity index (χ0) is 14.6. The molecular formula is C15H23BrN2O2. The van der Waals surface area contributed by atoms with Gasteiger partial charge in [0.25, 0.3) is 0 Å². The zero-order valence-corrected chi connectivity index (χ0v) is 13.9. The lowest BCUT2D eigenvalue weighted by molar-refractivity contribution is -0.00781. The Morgan fingerprint density at radius 1 is 1.40 bits per heavy atom. The van der Waals surface area contributed by atoms with Crippen LogP contribution >= 0.6 is 15.9 Å². The minimum absolute atomic E-state index is 0.0831. The Balaban J connectivity index is 2.34. The van der Waals surface area contributed by atoms with Crippen molar-refractivity contribution in [2.45, 2.75) is 64.0 Å². The predicted molar refractivity (Wildman–Crippen MR) is 82.0 cm³/mol. The average Bonchev–Trinajstić information content (AvgIpc) is 2.68. The summed E-state index contributed by atoms with van der Waals surface area (Å²) in [6.45, 7) is 2.84. The number of carbonyl (C=O) groups is 1. The first-order chi connectivity index (χ1) is 9.64. The number of hydrogen-bond donors (Lipinski definition) is 0. The van der Waals surface area contributed by atoms with Gasteiger partial charge in [0.1, 0.15) is 11.3 Å². The monoisotopic (exact) mass is 342 g/mol. The molecule has 1 fully saturated rings. The molecule has 0 radical (unpaired) electrons. The minimum atomic E-state index is -0.662. The number of aromatic nitrogens is 2. The SMILES string of the molecule is CCCn1ncc(Br)c1C(=O)C1(OC)CCCCCC1. The van der Waals surface area contributed by atoms with Crippen molar-refractivity contribution in [3.05, 3.63) is 16.4 Å². The van der Waals surface area contributed by atoms with E-state index in [9.17, 15) is 4.79 Å². The molecule has 2 rings (SSSR count). The van der Waals surface area contributed by atoms with E-state index in [-0.39, 0.29) is 5.78 Å². The van der Waals surface area contributed by atoms with Crippen LogP contribution in [0.15, 0.2) is 10.7 Å². The highest BCUT2D eigenvalue weighted by Crippen LogP contribution is 2.34. The first-order valence-electron chi connectivity index (χ1n) is 7.46. The first kappa shape index (κ1) is 15.7. The van der Waals surface area contributed by atoms with Crippen LogP contribution in [0.2, 0.25) is 0 Å². The highest BCUT2D eigenvalue weighted by Gasteiger charge is 2.41. The summed E-state index contributed by atoms with van der Waals surface area (Å²) in [6.07, 6.45) is 8.77. The Morgan fingerprint density at radius 2 is 2.05 bits per heavy atom. The smallest absolute Gasteiger partial charge is 0.213 e. The van der Waals surface area contributed by atoms with E-state index in [4.69, 9.17) is 4.74 Å². The second-order valence-corrected chi connectivity index (χ2v) is 6.36. The molecule has 0 N–H and O–H groups in total. The van der Waals surface area contributed by atoms with Crippen molar-refractivity contribution in [1.29, 1.82) is 0 Å². The van der Waals surface area contributed by atoms with Gasteiger partial charge in [-0.3, -0.25) is 9.48 Å². The van der Waals surface area contributed by atoms with Gasteiger partial charge in [-0.2, -0.15) is 5.10 Å². The Labute approximate surface area is 129 Å². The maximum atomic E-state index is 13.1. The molecule has 1 aliphatic rings. The second kappa shape index (κ2) is 6.85. The quantitative estimate of drug-likeness (QED) is 0.600. The third kappa shape index (κ3) is 2.98. The van der Waals surface area contributed by atoms with E-state index >= 15 is 0 Å². The van der Waals surface area contributed by atoms with Crippen molar-refractivity contribution in [2.24, 2.45) is 0 Å². The molecule has 0 bridgehead atoms. The number of aryl methyl sites for hydroxylation is 1. The molecule has 4 nitrogen and oxygen atoms in total. The van der Waals surface area contributed by atoms with Gasteiger partial charge < -0.3 is 4.74 Å². The number of hydrogen-bond acceptors (Lipinski definition) is 3. The summed E-state index contributed by atoms with van der Waals surface area (Å²) in [7, 11) is 1.66. The molecule has 0 amide bonds. The Hall–Kier alpha value is -0.680. The van der Waals surface area contributed by atoms with Crippen LogP contribution in [0.3, 0.4) is 0 Å². The summed E-state index contributed by atoms with van der Waals surface area (Å²) in [5.74, 6) is 0.0831. The molecule has 5 heteroatoms. The molecule has 1 saturated carbocycles. The highest BCUT2D eigenvalue weighted by molar-refractivity contribution is 9.10. The van der Waals surface area contributed by atoms with E-state index in [1.54, 1.807) is 18.0 Å². The third-order valence-electron chi connectivity index (χ3n) is 4.16. The van der Waals surface area contributed by atoms with Crippen LogP contribution in [0.25, 0.3) is 0 Å². The lowest BCUT2D eigenvalue weighted by Gasteiger charge is -2.30. The normalized spacial score (nSPS) is 18.8. The van der Waals surface area contributed by atoms with Crippen molar-refractivity contribution >= 4 is 21.7 Å². The van der Waals surface area contributed by atoms with Gasteiger partial charge in [-0.25, -0.2) is 0 Å². The van der Waals surface area contributed by atoms with Gasteiger partial charge in [-0.1, -0.05) is 32.6 Å². The number of rotatable bonds is 5. The third-order valence-corrected chi connectivity index (χ3v) is 4.74. The molecular weight excluding hydrogens is 320 g/mol. The van der Waals surface area contributed by atoms with Gasteiger partial charge in [0.15, 0.2) is 0 Å². The van der Waals surface area contributed by atoms with Crippen LogP contribution in [0, 0.1) is 0 Å². The van der Waals surface area contributed by atoms with Crippen molar-refractivity contribution in [2.75, 3.05) is 7.11 Å². The van der Waals surface area contributed by atoms with Gasteiger partial charge in [0.05, 0.1) is 10.7 Å². The van der Waals surface area contributed by atoms with Crippen LogP contribution in [-0.2, 0) is 11.3 Å². The first-order valence-corrected chi connectivity index (χ1v) is 8.25. The maximum Gasteiger partial charge on any atom is 0.213 e. The Morgan fingerprint density at radius 3 is 2.60 bits per heavy atom. The summed E-state index contributed by atoms with van der Waals surface area (Å²) >= 11 is 3.47. The van der Waals surface area contributed by atoms with E-state index in [2.05, 4.69) is 28.0 Å². The molecule has 0 aromatic carbocycles. The zero-order valence-electron chi connectivity index (χ0n) is 12.3. The molecule has 0 saturated heterocycles. The van der Waals surface area contributed by atoms with E-state index in [1.165, 1.54) is 12.8 Å². The lowest BCUT2D eigenvalue weighted by Crippen LogP contribution is -2.41. The lowest BCUT2D eigenvalue weighted by atomic mass is 9.87. The summed E-state index contributed by atoms with van der Waals surface area (Å²) in [5, 5.41) is 4.30. The Kier molecular flexibility index (Phi) is 5.38. The number of carbonyl (C=O) groups excluding carboxylic acids is 1. The summed E-state index contributed by atoms with van der Waals surface area (Å²) < 4.78 is 8.30. The fourth-order valence-corrected chi connectivity index (χ4v) is 3.49. The molecule has 0 spiro atoms. The van der Waals surface area contributed by atoms with Crippen molar-refractivity contribution < 1.29 is 9.53 Å². The van der Waals surface area contributed by atoms with Crippen molar-refractivity contribution in [1.82, 2.24) is 9.78 Å². The van der Waals surface area contributed by atoms with Gasteiger partial charge >= 0.3 is 0 Å². The van der Waals surface area contributed by atoms with Gasteiger partial charge in [-0.15, -0.1) is 0 Å². The molecule has 1 aromatic heterocycles. The number of Topliss-reactive ketones (excluding diaryl/α,β-unsaturated/α-hetero) is 1. The van der Waals surface area contributed by atoms with E-state index in [0.29, 0.717) is 5.69 Å². The maximum absolute atomic E-state index is 13.1. The molecule has 112 valence electrons. The molecule has 1 heterocycles. The molecule has 20 heavy (non-hydrogen) atoms. The van der Waals surface area contributed by atoms with Crippen LogP contribution in [-0.4, -0.2) is 28.3 Å². The molecule has 1 aromatic rings. The number of methoxy groups -OCH3 is 1. The number of ketones is 1. The van der Waals surface area contributed by atoms with Crippen LogP contribution in [0.1, 0.15) is 62.4 Å². The standard InChI is InChI=1S/C15H23BrN2O2/c1-3-10-18-13(12(16)11-17-18)14(19)15(20-2)8-6-4-5-7-9-15/h11H,3-10H2,1-2H3. The summed E-state index contributed by atoms with van der Waals surface area (Å²) in [5.41, 5.74) is 0.000435. The average molecular weight is 343 g/mol. The van der Waals surface area contributed by atoms with Gasteiger partial charge in [0.2, 0.25) is 5.78 Å². The van der Waals surface area contributed by atoms with E-state index in [1.807, 2.05) is 0 Å². The fourth-order valence-electron chi connectivity index (χ4n) is 3.01. The minimum Gasteiger partial charge on any atom is -0.370 e. The molecule has 0 atom stereocenters. The predicted octanol–water partition coefficient (Wildman–Crippen LogP) is 3.98. The second-order valence-electron chi connectivity index (χ2n) is 5.51. The fraction of sp³-hybridized carbons (Fsp3) is 0.733. The number of nitrogens with zero attached hydrogens (tertiary/aromatic N) is 2.